The minimum Gasteiger partial charge on any atom is -0.337 e. The zero-order valence-corrected chi connectivity index (χ0v) is 13.2. The van der Waals surface area contributed by atoms with Gasteiger partial charge in [-0.15, -0.1) is 0 Å². The van der Waals surface area contributed by atoms with Crippen LogP contribution in [0.3, 0.4) is 0 Å². The standard InChI is InChI=1S/C20H21NO/c1-5-16-10-12-17(13-11-16)14-21(4)20(22)19-9-7-6-8-18(19)15(2)3/h5-13H,1-2,14H2,3-4H3. The molecule has 2 aromatic rings. The Morgan fingerprint density at radius 3 is 2.23 bits per heavy atom. The third-order valence-corrected chi connectivity index (χ3v) is 3.60. The van der Waals surface area contributed by atoms with Crippen molar-refractivity contribution in [2.45, 2.75) is 13.5 Å². The first-order valence-electron chi connectivity index (χ1n) is 7.24. The van der Waals surface area contributed by atoms with Gasteiger partial charge in [-0.3, -0.25) is 4.79 Å². The highest BCUT2D eigenvalue weighted by molar-refractivity contribution is 5.98. The lowest BCUT2D eigenvalue weighted by atomic mass is 10.0. The number of hydrogen-bond donors (Lipinski definition) is 0. The van der Waals surface area contributed by atoms with Crippen LogP contribution in [0.5, 0.6) is 0 Å². The fourth-order valence-electron chi connectivity index (χ4n) is 2.35. The summed E-state index contributed by atoms with van der Waals surface area (Å²) < 4.78 is 0. The van der Waals surface area contributed by atoms with Crippen LogP contribution >= 0.6 is 0 Å². The maximum Gasteiger partial charge on any atom is 0.254 e. The van der Waals surface area contributed by atoms with Gasteiger partial charge in [-0.25, -0.2) is 0 Å². The molecule has 0 spiro atoms. The van der Waals surface area contributed by atoms with E-state index in [2.05, 4.69) is 13.2 Å². The SMILES string of the molecule is C=Cc1ccc(CN(C)C(=O)c2ccccc2C(=C)C)cc1. The van der Waals surface area contributed by atoms with E-state index in [1.54, 1.807) is 4.90 Å². The number of nitrogens with zero attached hydrogens (tertiary/aromatic N) is 1. The van der Waals surface area contributed by atoms with Crippen LogP contribution < -0.4 is 0 Å². The van der Waals surface area contributed by atoms with E-state index in [0.29, 0.717) is 12.1 Å². The highest BCUT2D eigenvalue weighted by Gasteiger charge is 2.15. The molecule has 0 radical (unpaired) electrons. The van der Waals surface area contributed by atoms with E-state index in [1.165, 1.54) is 0 Å². The van der Waals surface area contributed by atoms with Crippen LogP contribution in [-0.4, -0.2) is 17.9 Å². The van der Waals surface area contributed by atoms with Gasteiger partial charge in [-0.2, -0.15) is 0 Å². The van der Waals surface area contributed by atoms with Crippen molar-refractivity contribution in [3.8, 4) is 0 Å². The fourth-order valence-corrected chi connectivity index (χ4v) is 2.35. The quantitative estimate of drug-likeness (QED) is 0.786. The van der Waals surface area contributed by atoms with Gasteiger partial charge in [0.1, 0.15) is 0 Å². The molecule has 112 valence electrons. The van der Waals surface area contributed by atoms with Crippen LogP contribution in [0.15, 0.2) is 61.7 Å². The summed E-state index contributed by atoms with van der Waals surface area (Å²) in [6.07, 6.45) is 1.81. The molecule has 2 heteroatoms. The molecule has 2 nitrogen and oxygen atoms in total. The van der Waals surface area contributed by atoms with Gasteiger partial charge >= 0.3 is 0 Å². The van der Waals surface area contributed by atoms with E-state index in [1.807, 2.05) is 68.6 Å². The number of hydrogen-bond acceptors (Lipinski definition) is 1. The molecule has 0 fully saturated rings. The van der Waals surface area contributed by atoms with Crippen molar-refractivity contribution in [2.75, 3.05) is 7.05 Å². The summed E-state index contributed by atoms with van der Waals surface area (Å²) in [6, 6.07) is 15.6. The third-order valence-electron chi connectivity index (χ3n) is 3.60. The Hall–Kier alpha value is -2.61. The second-order valence-electron chi connectivity index (χ2n) is 5.43. The highest BCUT2D eigenvalue weighted by atomic mass is 16.2. The van der Waals surface area contributed by atoms with Crippen molar-refractivity contribution in [1.82, 2.24) is 4.90 Å². The molecular formula is C20H21NO. The zero-order chi connectivity index (χ0) is 16.1. The summed E-state index contributed by atoms with van der Waals surface area (Å²) in [5.41, 5.74) is 4.66. The smallest absolute Gasteiger partial charge is 0.254 e. The van der Waals surface area contributed by atoms with E-state index in [0.717, 1.165) is 22.3 Å². The molecule has 0 aliphatic rings. The maximum atomic E-state index is 12.7. The van der Waals surface area contributed by atoms with Crippen LogP contribution in [0.25, 0.3) is 11.6 Å². The summed E-state index contributed by atoms with van der Waals surface area (Å²) in [5.74, 6) is 0.00592. The Morgan fingerprint density at radius 2 is 1.68 bits per heavy atom. The molecule has 0 N–H and O–H groups in total. The predicted molar refractivity (Wildman–Crippen MR) is 93.5 cm³/mol. The summed E-state index contributed by atoms with van der Waals surface area (Å²) >= 11 is 0. The third kappa shape index (κ3) is 3.53. The molecule has 0 aliphatic heterocycles. The van der Waals surface area contributed by atoms with Gasteiger partial charge in [-0.1, -0.05) is 67.3 Å². The van der Waals surface area contributed by atoms with Crippen LogP contribution in [-0.2, 0) is 6.54 Å². The molecule has 0 bridgehead atoms. The van der Waals surface area contributed by atoms with Gasteiger partial charge in [0.2, 0.25) is 0 Å². The first-order valence-corrected chi connectivity index (χ1v) is 7.24. The van der Waals surface area contributed by atoms with E-state index in [9.17, 15) is 4.79 Å². The molecule has 22 heavy (non-hydrogen) atoms. The molecule has 1 amide bonds. The largest absolute Gasteiger partial charge is 0.337 e. The molecule has 0 heterocycles. The summed E-state index contributed by atoms with van der Waals surface area (Å²) in [4.78, 5) is 14.4. The summed E-state index contributed by atoms with van der Waals surface area (Å²) in [5, 5.41) is 0. The van der Waals surface area contributed by atoms with Crippen LogP contribution in [0.1, 0.15) is 34.0 Å². The second kappa shape index (κ2) is 6.90. The Morgan fingerprint density at radius 1 is 1.09 bits per heavy atom. The van der Waals surface area contributed by atoms with Gasteiger partial charge in [0.25, 0.3) is 5.91 Å². The van der Waals surface area contributed by atoms with Crippen molar-refractivity contribution in [2.24, 2.45) is 0 Å². The predicted octanol–water partition coefficient (Wildman–Crippen LogP) is 4.63. The first kappa shape index (κ1) is 15.8. The van der Waals surface area contributed by atoms with Crippen molar-refractivity contribution < 1.29 is 4.79 Å². The van der Waals surface area contributed by atoms with Crippen molar-refractivity contribution >= 4 is 17.6 Å². The lowest BCUT2D eigenvalue weighted by Crippen LogP contribution is -2.27. The lowest BCUT2D eigenvalue weighted by molar-refractivity contribution is 0.0785. The molecule has 0 aromatic heterocycles. The van der Waals surface area contributed by atoms with Gasteiger partial charge in [0, 0.05) is 19.2 Å². The van der Waals surface area contributed by atoms with Crippen LogP contribution in [0.2, 0.25) is 0 Å². The number of carbonyl (C=O) groups excluding carboxylic acids is 1. The molecule has 2 aromatic carbocycles. The fraction of sp³-hybridized carbons (Fsp3) is 0.150. The summed E-state index contributed by atoms with van der Waals surface area (Å²) in [6.45, 7) is 10.2. The molecular weight excluding hydrogens is 270 g/mol. The van der Waals surface area contributed by atoms with E-state index in [4.69, 9.17) is 0 Å². The van der Waals surface area contributed by atoms with Gasteiger partial charge in [0.15, 0.2) is 0 Å². The minimum atomic E-state index is 0.00592. The van der Waals surface area contributed by atoms with Crippen LogP contribution in [0, 0.1) is 0 Å². The molecule has 0 unspecified atom stereocenters. The Labute approximate surface area is 132 Å². The zero-order valence-electron chi connectivity index (χ0n) is 13.2. The topological polar surface area (TPSA) is 20.3 Å². The van der Waals surface area contributed by atoms with E-state index in [-0.39, 0.29) is 5.91 Å². The molecule has 0 atom stereocenters. The van der Waals surface area contributed by atoms with Gasteiger partial charge < -0.3 is 4.90 Å². The maximum absolute atomic E-state index is 12.7. The number of rotatable bonds is 5. The van der Waals surface area contributed by atoms with Gasteiger partial charge in [0.05, 0.1) is 0 Å². The molecule has 0 aliphatic carbocycles. The average Bonchev–Trinajstić information content (AvgIpc) is 2.54. The lowest BCUT2D eigenvalue weighted by Gasteiger charge is -2.19. The van der Waals surface area contributed by atoms with E-state index < -0.39 is 0 Å². The Bertz CT molecular complexity index is 698. The van der Waals surface area contributed by atoms with E-state index >= 15 is 0 Å². The van der Waals surface area contributed by atoms with Crippen LogP contribution in [0.4, 0.5) is 0 Å². The second-order valence-corrected chi connectivity index (χ2v) is 5.43. The van der Waals surface area contributed by atoms with Gasteiger partial charge in [-0.05, 0) is 29.7 Å². The molecule has 0 saturated heterocycles. The first-order chi connectivity index (χ1) is 10.5. The molecule has 0 saturated carbocycles. The summed E-state index contributed by atoms with van der Waals surface area (Å²) in [7, 11) is 1.82. The number of amides is 1. The average molecular weight is 291 g/mol. The minimum absolute atomic E-state index is 0.00592. The van der Waals surface area contributed by atoms with Crippen molar-refractivity contribution in [3.63, 3.8) is 0 Å². The number of carbonyl (C=O) groups is 1. The monoisotopic (exact) mass is 291 g/mol. The van der Waals surface area contributed by atoms with Crippen molar-refractivity contribution in [3.05, 3.63) is 83.9 Å². The molecule has 2 rings (SSSR count). The van der Waals surface area contributed by atoms with Crippen molar-refractivity contribution in [1.29, 1.82) is 0 Å². The normalized spacial score (nSPS) is 10.1. The number of benzene rings is 2. The Balaban J connectivity index is 2.18. The number of allylic oxidation sites excluding steroid dienone is 1. The Kier molecular flexibility index (Phi) is 4.95. The highest BCUT2D eigenvalue weighted by Crippen LogP contribution is 2.19.